The largest absolute Gasteiger partial charge is 0.472 e. The molecule has 0 aromatic heterocycles. The smallest absolute Gasteiger partial charge is 0.457 e. The Morgan fingerprint density at radius 1 is 0.938 bits per heavy atom. The average Bonchev–Trinajstić information content (AvgIpc) is 2.77. The molecule has 1 unspecified atom stereocenters. The van der Waals surface area contributed by atoms with Gasteiger partial charge in [0.15, 0.2) is 0 Å². The fourth-order valence-electron chi connectivity index (χ4n) is 3.09. The summed E-state index contributed by atoms with van der Waals surface area (Å²) < 4.78 is 25.9. The summed E-state index contributed by atoms with van der Waals surface area (Å²) in [5, 5.41) is 9.26. The highest BCUT2D eigenvalue weighted by Gasteiger charge is 2.24. The minimum absolute atomic E-state index is 0.0717. The first kappa shape index (κ1) is 31.2. The molecule has 0 aliphatic carbocycles. The molecule has 32 heavy (non-hydrogen) atoms. The zero-order valence-corrected chi connectivity index (χ0v) is 20.8. The first-order chi connectivity index (χ1) is 15.4. The van der Waals surface area contributed by atoms with Gasteiger partial charge in [-0.3, -0.25) is 13.8 Å². The number of unbranched alkanes of at least 4 members (excludes halogenated alkanes) is 11. The van der Waals surface area contributed by atoms with Gasteiger partial charge in [-0.25, -0.2) is 4.57 Å². The Kier molecular flexibility index (Phi) is 21.5. The standard InChI is InChI=1S/C23H46NO7P/c1-2-3-4-5-6-7-8-9-10-11-12-13-14-15-16-17-23(26)31-22(20-25)21-30-32(27,28)29-19-18-24/h9-10,22,25H,2-8,11-21,24H2,1H3,(H,27,28)/t22-/m1/s1. The van der Waals surface area contributed by atoms with Crippen LogP contribution in [-0.2, 0) is 23.1 Å². The number of hydrogen-bond donors (Lipinski definition) is 3. The van der Waals surface area contributed by atoms with Crippen LogP contribution < -0.4 is 5.73 Å². The van der Waals surface area contributed by atoms with Crippen LogP contribution in [0.5, 0.6) is 0 Å². The third-order valence-corrected chi connectivity index (χ3v) is 5.92. The fraction of sp³-hybridized carbons (Fsp3) is 0.870. The lowest BCUT2D eigenvalue weighted by Crippen LogP contribution is -2.27. The molecule has 8 nitrogen and oxygen atoms in total. The molecular weight excluding hydrogens is 433 g/mol. The van der Waals surface area contributed by atoms with Gasteiger partial charge in [0.05, 0.1) is 19.8 Å². The summed E-state index contributed by atoms with van der Waals surface area (Å²) in [7, 11) is -4.26. The summed E-state index contributed by atoms with van der Waals surface area (Å²) >= 11 is 0. The van der Waals surface area contributed by atoms with Gasteiger partial charge in [0.2, 0.25) is 0 Å². The highest BCUT2D eigenvalue weighted by molar-refractivity contribution is 7.47. The number of allylic oxidation sites excluding steroid dienone is 2. The molecule has 0 bridgehead atoms. The van der Waals surface area contributed by atoms with Gasteiger partial charge in [0, 0.05) is 13.0 Å². The van der Waals surface area contributed by atoms with Gasteiger partial charge in [0.25, 0.3) is 0 Å². The molecule has 190 valence electrons. The molecule has 0 saturated heterocycles. The van der Waals surface area contributed by atoms with Crippen LogP contribution in [0.4, 0.5) is 0 Å². The molecule has 0 spiro atoms. The molecule has 0 rings (SSSR count). The van der Waals surface area contributed by atoms with Gasteiger partial charge in [-0.1, -0.05) is 70.4 Å². The number of rotatable bonds is 23. The van der Waals surface area contributed by atoms with Gasteiger partial charge in [-0.05, 0) is 32.1 Å². The number of carbonyl (C=O) groups is 1. The van der Waals surface area contributed by atoms with E-state index in [0.717, 1.165) is 32.1 Å². The van der Waals surface area contributed by atoms with Crippen LogP contribution in [0.3, 0.4) is 0 Å². The van der Waals surface area contributed by atoms with Crippen molar-refractivity contribution in [1.82, 2.24) is 0 Å². The minimum Gasteiger partial charge on any atom is -0.457 e. The number of phosphoric acid groups is 1. The molecule has 0 saturated carbocycles. The van der Waals surface area contributed by atoms with E-state index in [2.05, 4.69) is 23.6 Å². The zero-order chi connectivity index (χ0) is 23.9. The van der Waals surface area contributed by atoms with Gasteiger partial charge < -0.3 is 20.5 Å². The lowest BCUT2D eigenvalue weighted by molar-refractivity contribution is -0.153. The zero-order valence-electron chi connectivity index (χ0n) is 19.9. The van der Waals surface area contributed by atoms with E-state index in [-0.39, 0.29) is 19.6 Å². The molecule has 2 atom stereocenters. The predicted molar refractivity (Wildman–Crippen MR) is 127 cm³/mol. The van der Waals surface area contributed by atoms with E-state index in [1.807, 2.05) is 0 Å². The monoisotopic (exact) mass is 479 g/mol. The van der Waals surface area contributed by atoms with E-state index in [4.69, 9.17) is 15.0 Å². The lowest BCUT2D eigenvalue weighted by atomic mass is 10.1. The van der Waals surface area contributed by atoms with Gasteiger partial charge in [-0.15, -0.1) is 0 Å². The Balaban J connectivity index is 3.63. The average molecular weight is 480 g/mol. The van der Waals surface area contributed by atoms with Crippen LogP contribution in [0.2, 0.25) is 0 Å². The summed E-state index contributed by atoms with van der Waals surface area (Å²) in [6.07, 6.45) is 19.2. The Hall–Kier alpha value is -0.760. The highest BCUT2D eigenvalue weighted by Crippen LogP contribution is 2.42. The molecular formula is C23H46NO7P. The Labute approximate surface area is 194 Å². The molecule has 0 amide bonds. The summed E-state index contributed by atoms with van der Waals surface area (Å²) in [5.41, 5.74) is 5.19. The van der Waals surface area contributed by atoms with Crippen LogP contribution in [0.1, 0.15) is 96.8 Å². The summed E-state index contributed by atoms with van der Waals surface area (Å²) in [6.45, 7) is 1.25. The molecule has 4 N–H and O–H groups in total. The first-order valence-electron chi connectivity index (χ1n) is 12.2. The van der Waals surface area contributed by atoms with Crippen LogP contribution in [-0.4, -0.2) is 48.4 Å². The Bertz CT molecular complexity index is 517. The van der Waals surface area contributed by atoms with Crippen molar-refractivity contribution in [3.05, 3.63) is 12.2 Å². The third-order valence-electron chi connectivity index (χ3n) is 4.94. The number of aliphatic hydroxyl groups excluding tert-OH is 1. The van der Waals surface area contributed by atoms with E-state index in [9.17, 15) is 19.4 Å². The number of hydrogen-bond acceptors (Lipinski definition) is 7. The van der Waals surface area contributed by atoms with Crippen molar-refractivity contribution in [1.29, 1.82) is 0 Å². The number of aliphatic hydroxyl groups is 1. The Morgan fingerprint density at radius 3 is 2.06 bits per heavy atom. The number of phosphoric ester groups is 1. The fourth-order valence-corrected chi connectivity index (χ4v) is 3.86. The van der Waals surface area contributed by atoms with Crippen molar-refractivity contribution in [2.24, 2.45) is 5.73 Å². The van der Waals surface area contributed by atoms with Crippen LogP contribution in [0.25, 0.3) is 0 Å². The summed E-state index contributed by atoms with van der Waals surface area (Å²) in [6, 6.07) is 0. The third kappa shape index (κ3) is 21.1. The first-order valence-corrected chi connectivity index (χ1v) is 13.7. The van der Waals surface area contributed by atoms with E-state index < -0.39 is 33.1 Å². The van der Waals surface area contributed by atoms with Gasteiger partial charge in [0.1, 0.15) is 6.10 Å². The van der Waals surface area contributed by atoms with Crippen molar-refractivity contribution >= 4 is 13.8 Å². The van der Waals surface area contributed by atoms with Crippen molar-refractivity contribution in [3.63, 3.8) is 0 Å². The predicted octanol–water partition coefficient (Wildman–Crippen LogP) is 5.02. The number of esters is 1. The van der Waals surface area contributed by atoms with Crippen LogP contribution in [0, 0.1) is 0 Å². The lowest BCUT2D eigenvalue weighted by Gasteiger charge is -2.17. The topological polar surface area (TPSA) is 128 Å². The number of ether oxygens (including phenoxy) is 1. The van der Waals surface area contributed by atoms with Crippen molar-refractivity contribution < 1.29 is 33.1 Å². The second-order valence-electron chi connectivity index (χ2n) is 8.01. The number of nitrogens with two attached hydrogens (primary N) is 1. The Morgan fingerprint density at radius 2 is 1.50 bits per heavy atom. The molecule has 0 fully saturated rings. The van der Waals surface area contributed by atoms with E-state index >= 15 is 0 Å². The van der Waals surface area contributed by atoms with Crippen molar-refractivity contribution in [2.45, 2.75) is 103 Å². The molecule has 0 radical (unpaired) electrons. The minimum atomic E-state index is -4.26. The maximum absolute atomic E-state index is 11.9. The quantitative estimate of drug-likeness (QED) is 0.0806. The van der Waals surface area contributed by atoms with Crippen LogP contribution >= 0.6 is 7.82 Å². The second kappa shape index (κ2) is 22.1. The molecule has 0 heterocycles. The maximum atomic E-state index is 11.9. The maximum Gasteiger partial charge on any atom is 0.472 e. The molecule has 9 heteroatoms. The van der Waals surface area contributed by atoms with E-state index in [1.165, 1.54) is 44.9 Å². The van der Waals surface area contributed by atoms with Gasteiger partial charge in [-0.2, -0.15) is 0 Å². The van der Waals surface area contributed by atoms with Crippen molar-refractivity contribution in [2.75, 3.05) is 26.4 Å². The molecule has 0 aliphatic rings. The van der Waals surface area contributed by atoms with Gasteiger partial charge >= 0.3 is 13.8 Å². The van der Waals surface area contributed by atoms with Crippen LogP contribution in [0.15, 0.2) is 12.2 Å². The molecule has 0 aliphatic heterocycles. The second-order valence-corrected chi connectivity index (χ2v) is 9.47. The van der Waals surface area contributed by atoms with Crippen molar-refractivity contribution in [3.8, 4) is 0 Å². The van der Waals surface area contributed by atoms with E-state index in [1.54, 1.807) is 0 Å². The SMILES string of the molecule is CCCCCCCCC=CCCCCCCCC(=O)O[C@H](CO)COP(=O)(O)OCCN. The summed E-state index contributed by atoms with van der Waals surface area (Å²) in [4.78, 5) is 21.3. The normalized spacial score (nSPS) is 14.5. The van der Waals surface area contributed by atoms with E-state index in [0.29, 0.717) is 6.42 Å². The molecule has 0 aromatic carbocycles. The summed E-state index contributed by atoms with van der Waals surface area (Å²) in [5.74, 6) is -0.457. The number of carbonyl (C=O) groups excluding carboxylic acids is 1. The molecule has 0 aromatic rings. The highest BCUT2D eigenvalue weighted by atomic mass is 31.2.